The summed E-state index contributed by atoms with van der Waals surface area (Å²) in [6.07, 6.45) is -4.75. The lowest BCUT2D eigenvalue weighted by atomic mass is 10.1. The second kappa shape index (κ2) is 4.60. The van der Waals surface area contributed by atoms with Crippen molar-refractivity contribution < 1.29 is 27.1 Å². The average Bonchev–Trinajstić information content (AvgIpc) is 2.15. The Morgan fingerprint density at radius 1 is 1.41 bits per heavy atom. The van der Waals surface area contributed by atoms with Crippen LogP contribution >= 0.6 is 0 Å². The second-order valence-corrected chi connectivity index (χ2v) is 3.10. The maximum Gasteiger partial charge on any atom is 0.418 e. The number of alkyl halides is 3. The number of hydrogen-bond donors (Lipinski definition) is 1. The highest BCUT2D eigenvalue weighted by Gasteiger charge is 2.35. The largest absolute Gasteiger partial charge is 0.462 e. The van der Waals surface area contributed by atoms with Gasteiger partial charge < -0.3 is 10.5 Å². The van der Waals surface area contributed by atoms with Crippen LogP contribution in [0.15, 0.2) is 12.1 Å². The molecule has 1 aromatic carbocycles. The quantitative estimate of drug-likeness (QED) is 0.499. The molecule has 0 saturated carbocycles. The van der Waals surface area contributed by atoms with Crippen LogP contribution < -0.4 is 5.73 Å². The molecule has 0 unspecified atom stereocenters. The van der Waals surface area contributed by atoms with E-state index in [0.717, 1.165) is 0 Å². The van der Waals surface area contributed by atoms with Gasteiger partial charge in [-0.1, -0.05) is 0 Å². The summed E-state index contributed by atoms with van der Waals surface area (Å²) >= 11 is 0. The molecule has 0 aliphatic heterocycles. The van der Waals surface area contributed by atoms with E-state index >= 15 is 0 Å². The molecule has 0 spiro atoms. The number of halogens is 4. The van der Waals surface area contributed by atoms with Gasteiger partial charge in [-0.2, -0.15) is 13.2 Å². The molecule has 0 heterocycles. The fraction of sp³-hybridized carbons (Fsp3) is 0.300. The van der Waals surface area contributed by atoms with Gasteiger partial charge in [0, 0.05) is 0 Å². The fourth-order valence-corrected chi connectivity index (χ4v) is 1.25. The minimum Gasteiger partial charge on any atom is -0.462 e. The standard InChI is InChI=1S/C10H9F4NO2/c1-2-17-9(16)7-6(11)4-3-5(8(7)15)10(12,13)14/h3-4H,2,15H2,1H3. The van der Waals surface area contributed by atoms with Crippen molar-refractivity contribution >= 4 is 11.7 Å². The Kier molecular flexibility index (Phi) is 3.59. The maximum atomic E-state index is 13.2. The molecule has 0 radical (unpaired) electrons. The molecule has 0 fully saturated rings. The maximum absolute atomic E-state index is 13.2. The summed E-state index contributed by atoms with van der Waals surface area (Å²) in [5, 5.41) is 0. The molecule has 17 heavy (non-hydrogen) atoms. The van der Waals surface area contributed by atoms with Crippen LogP contribution in [0.3, 0.4) is 0 Å². The van der Waals surface area contributed by atoms with Gasteiger partial charge in [-0.3, -0.25) is 0 Å². The third-order valence-corrected chi connectivity index (χ3v) is 1.98. The summed E-state index contributed by atoms with van der Waals surface area (Å²) in [5.74, 6) is -2.36. The molecule has 94 valence electrons. The number of esters is 1. The van der Waals surface area contributed by atoms with Crippen molar-refractivity contribution in [1.29, 1.82) is 0 Å². The van der Waals surface area contributed by atoms with Crippen molar-refractivity contribution in [3.63, 3.8) is 0 Å². The molecule has 0 saturated heterocycles. The summed E-state index contributed by atoms with van der Waals surface area (Å²) in [6, 6.07) is 1.01. The number of carbonyl (C=O) groups excluding carboxylic acids is 1. The molecule has 0 bridgehead atoms. The number of nitrogens with two attached hydrogens (primary N) is 1. The van der Waals surface area contributed by atoms with E-state index in [0.29, 0.717) is 12.1 Å². The first kappa shape index (κ1) is 13.3. The molecule has 0 aliphatic carbocycles. The van der Waals surface area contributed by atoms with E-state index in [1.807, 2.05) is 0 Å². The van der Waals surface area contributed by atoms with E-state index < -0.39 is 34.8 Å². The summed E-state index contributed by atoms with van der Waals surface area (Å²) < 4.78 is 55.0. The van der Waals surface area contributed by atoms with Crippen LogP contribution in [0.1, 0.15) is 22.8 Å². The third kappa shape index (κ3) is 2.66. The van der Waals surface area contributed by atoms with Crippen LogP contribution in [0.5, 0.6) is 0 Å². The van der Waals surface area contributed by atoms with Crippen LogP contribution in [0.4, 0.5) is 23.2 Å². The molecule has 0 atom stereocenters. The zero-order chi connectivity index (χ0) is 13.2. The number of nitrogen functional groups attached to an aromatic ring is 1. The Bertz CT molecular complexity index is 443. The van der Waals surface area contributed by atoms with Gasteiger partial charge in [0.1, 0.15) is 11.4 Å². The second-order valence-electron chi connectivity index (χ2n) is 3.10. The number of anilines is 1. The minimum absolute atomic E-state index is 0.0893. The van der Waals surface area contributed by atoms with Crippen LogP contribution in [-0.4, -0.2) is 12.6 Å². The lowest BCUT2D eigenvalue weighted by Crippen LogP contribution is -2.16. The number of rotatable bonds is 2. The van der Waals surface area contributed by atoms with Crippen molar-refractivity contribution in [1.82, 2.24) is 0 Å². The molecule has 1 rings (SSSR count). The predicted molar refractivity (Wildman–Crippen MR) is 51.8 cm³/mol. The zero-order valence-corrected chi connectivity index (χ0v) is 8.77. The zero-order valence-electron chi connectivity index (χ0n) is 8.77. The van der Waals surface area contributed by atoms with Crippen LogP contribution in [0, 0.1) is 5.82 Å². The summed E-state index contributed by atoms with van der Waals surface area (Å²) in [6.45, 7) is 1.35. The number of benzene rings is 1. The summed E-state index contributed by atoms with van der Waals surface area (Å²) in [4.78, 5) is 11.3. The van der Waals surface area contributed by atoms with Crippen molar-refractivity contribution in [2.24, 2.45) is 0 Å². The van der Waals surface area contributed by atoms with Gasteiger partial charge in [0.15, 0.2) is 0 Å². The Balaban J connectivity index is 3.35. The van der Waals surface area contributed by atoms with Crippen molar-refractivity contribution in [3.05, 3.63) is 29.1 Å². The Hall–Kier alpha value is -1.79. The van der Waals surface area contributed by atoms with E-state index in [1.54, 1.807) is 0 Å². The first-order valence-electron chi connectivity index (χ1n) is 4.61. The molecule has 1 aromatic rings. The normalized spacial score (nSPS) is 11.4. The van der Waals surface area contributed by atoms with Crippen molar-refractivity contribution in [2.45, 2.75) is 13.1 Å². The third-order valence-electron chi connectivity index (χ3n) is 1.98. The summed E-state index contributed by atoms with van der Waals surface area (Å²) in [7, 11) is 0. The average molecular weight is 251 g/mol. The topological polar surface area (TPSA) is 52.3 Å². The van der Waals surface area contributed by atoms with Gasteiger partial charge in [0.25, 0.3) is 0 Å². The molecular weight excluding hydrogens is 242 g/mol. The summed E-state index contributed by atoms with van der Waals surface area (Å²) in [5.41, 5.74) is 2.03. The van der Waals surface area contributed by atoms with Crippen LogP contribution in [-0.2, 0) is 10.9 Å². The van der Waals surface area contributed by atoms with Crippen molar-refractivity contribution in [2.75, 3.05) is 12.3 Å². The van der Waals surface area contributed by atoms with E-state index in [2.05, 4.69) is 4.74 Å². The van der Waals surface area contributed by atoms with E-state index in [-0.39, 0.29) is 6.61 Å². The molecule has 0 aromatic heterocycles. The van der Waals surface area contributed by atoms with Gasteiger partial charge in [-0.15, -0.1) is 0 Å². The fourth-order valence-electron chi connectivity index (χ4n) is 1.25. The monoisotopic (exact) mass is 251 g/mol. The molecular formula is C10H9F4NO2. The smallest absolute Gasteiger partial charge is 0.418 e. The van der Waals surface area contributed by atoms with Crippen LogP contribution in [0.25, 0.3) is 0 Å². The molecule has 7 heteroatoms. The lowest BCUT2D eigenvalue weighted by Gasteiger charge is -2.13. The highest BCUT2D eigenvalue weighted by molar-refractivity contribution is 5.96. The SMILES string of the molecule is CCOC(=O)c1c(F)ccc(C(F)(F)F)c1N. The Labute approximate surface area is 94.2 Å². The first-order chi connectivity index (χ1) is 7.79. The van der Waals surface area contributed by atoms with Gasteiger partial charge in [-0.05, 0) is 19.1 Å². The van der Waals surface area contributed by atoms with Crippen LogP contribution in [0.2, 0.25) is 0 Å². The first-order valence-corrected chi connectivity index (χ1v) is 4.61. The predicted octanol–water partition coefficient (Wildman–Crippen LogP) is 2.60. The molecule has 0 aliphatic rings. The highest BCUT2D eigenvalue weighted by Crippen LogP contribution is 2.36. The van der Waals surface area contributed by atoms with E-state index in [9.17, 15) is 22.4 Å². The van der Waals surface area contributed by atoms with E-state index in [4.69, 9.17) is 5.73 Å². The molecule has 2 N–H and O–H groups in total. The number of hydrogen-bond acceptors (Lipinski definition) is 3. The van der Waals surface area contributed by atoms with Gasteiger partial charge in [-0.25, -0.2) is 9.18 Å². The highest BCUT2D eigenvalue weighted by atomic mass is 19.4. The van der Waals surface area contributed by atoms with Gasteiger partial charge >= 0.3 is 12.1 Å². The van der Waals surface area contributed by atoms with Gasteiger partial charge in [0.05, 0.1) is 17.9 Å². The van der Waals surface area contributed by atoms with E-state index in [1.165, 1.54) is 6.92 Å². The van der Waals surface area contributed by atoms with Gasteiger partial charge in [0.2, 0.25) is 0 Å². The lowest BCUT2D eigenvalue weighted by molar-refractivity contribution is -0.136. The molecule has 3 nitrogen and oxygen atoms in total. The van der Waals surface area contributed by atoms with Crippen molar-refractivity contribution in [3.8, 4) is 0 Å². The Morgan fingerprint density at radius 3 is 2.47 bits per heavy atom. The number of ether oxygens (including phenoxy) is 1. The Morgan fingerprint density at radius 2 is 2.00 bits per heavy atom. The molecule has 0 amide bonds. The minimum atomic E-state index is -4.75. The number of carbonyl (C=O) groups is 1.